The molecule has 0 aliphatic heterocycles. The molecule has 3 heteroatoms. The average Bonchev–Trinajstić information content (AvgIpc) is 2.89. The maximum absolute atomic E-state index is 5.84. The summed E-state index contributed by atoms with van der Waals surface area (Å²) in [5.74, 6) is 2.28. The molecule has 0 radical (unpaired) electrons. The van der Waals surface area contributed by atoms with Crippen molar-refractivity contribution < 1.29 is 4.42 Å². The molecule has 2 rings (SSSR count). The third kappa shape index (κ3) is 2.62. The van der Waals surface area contributed by atoms with Crippen molar-refractivity contribution in [1.29, 1.82) is 0 Å². The highest BCUT2D eigenvalue weighted by Gasteiger charge is 2.22. The zero-order valence-electron chi connectivity index (χ0n) is 11.2. The Morgan fingerprint density at radius 1 is 1.28 bits per heavy atom. The van der Waals surface area contributed by atoms with Crippen molar-refractivity contribution in [2.24, 2.45) is 0 Å². The van der Waals surface area contributed by atoms with Gasteiger partial charge in [-0.1, -0.05) is 19.9 Å². The second-order valence-corrected chi connectivity index (χ2v) is 4.47. The second kappa shape index (κ2) is 5.83. The van der Waals surface area contributed by atoms with Gasteiger partial charge in [0.2, 0.25) is 0 Å². The molecule has 0 aromatic carbocycles. The molecule has 0 spiro atoms. The molecule has 0 aliphatic rings. The minimum absolute atomic E-state index is 0.153. The summed E-state index contributed by atoms with van der Waals surface area (Å²) >= 11 is 0. The summed E-state index contributed by atoms with van der Waals surface area (Å²) in [5, 5.41) is 3.32. The Bertz CT molecular complexity index is 478. The monoisotopic (exact) mass is 244 g/mol. The van der Waals surface area contributed by atoms with Crippen molar-refractivity contribution >= 4 is 0 Å². The molecule has 96 valence electrons. The average molecular weight is 244 g/mol. The standard InChI is InChI=1S/C15H20N2O/c1-4-12-8-9-14(18-12)15(16-3)11(2)13-7-5-6-10-17-13/h5-11,15-16H,4H2,1-3H3. The Morgan fingerprint density at radius 2 is 2.11 bits per heavy atom. The van der Waals surface area contributed by atoms with Gasteiger partial charge in [-0.05, 0) is 31.3 Å². The number of furan rings is 1. The molecule has 0 fully saturated rings. The molecule has 2 aromatic heterocycles. The molecule has 2 aromatic rings. The van der Waals surface area contributed by atoms with Gasteiger partial charge in [-0.3, -0.25) is 4.98 Å². The molecule has 1 N–H and O–H groups in total. The highest BCUT2D eigenvalue weighted by molar-refractivity contribution is 5.18. The van der Waals surface area contributed by atoms with E-state index in [2.05, 4.69) is 36.3 Å². The number of nitrogens with zero attached hydrogens (tertiary/aromatic N) is 1. The van der Waals surface area contributed by atoms with Gasteiger partial charge in [-0.2, -0.15) is 0 Å². The highest BCUT2D eigenvalue weighted by atomic mass is 16.3. The molecule has 3 nitrogen and oxygen atoms in total. The van der Waals surface area contributed by atoms with Crippen LogP contribution in [0.4, 0.5) is 0 Å². The van der Waals surface area contributed by atoms with Gasteiger partial charge in [0.15, 0.2) is 0 Å². The Labute approximate surface area is 108 Å². The Balaban J connectivity index is 2.23. The van der Waals surface area contributed by atoms with Crippen LogP contribution in [-0.2, 0) is 6.42 Å². The van der Waals surface area contributed by atoms with Crippen LogP contribution < -0.4 is 5.32 Å². The smallest absolute Gasteiger partial charge is 0.121 e. The summed E-state index contributed by atoms with van der Waals surface area (Å²) in [4.78, 5) is 4.42. The molecule has 2 atom stereocenters. The van der Waals surface area contributed by atoms with Crippen LogP contribution in [0.1, 0.15) is 43.0 Å². The lowest BCUT2D eigenvalue weighted by molar-refractivity contribution is 0.376. The van der Waals surface area contributed by atoms with Gasteiger partial charge in [0.05, 0.1) is 6.04 Å². The number of nitrogens with one attached hydrogen (secondary N) is 1. The van der Waals surface area contributed by atoms with Crippen LogP contribution in [0.25, 0.3) is 0 Å². The van der Waals surface area contributed by atoms with E-state index in [0.29, 0.717) is 0 Å². The minimum atomic E-state index is 0.153. The van der Waals surface area contributed by atoms with E-state index in [-0.39, 0.29) is 12.0 Å². The van der Waals surface area contributed by atoms with Crippen molar-refractivity contribution in [3.63, 3.8) is 0 Å². The number of hydrogen-bond donors (Lipinski definition) is 1. The Kier molecular flexibility index (Phi) is 4.15. The predicted octanol–water partition coefficient (Wildman–Crippen LogP) is 3.30. The lowest BCUT2D eigenvalue weighted by atomic mass is 9.96. The summed E-state index contributed by atoms with van der Waals surface area (Å²) in [6.07, 6.45) is 2.76. The topological polar surface area (TPSA) is 38.1 Å². The van der Waals surface area contributed by atoms with Crippen LogP contribution in [0.5, 0.6) is 0 Å². The van der Waals surface area contributed by atoms with Crippen LogP contribution in [0, 0.1) is 0 Å². The van der Waals surface area contributed by atoms with E-state index in [4.69, 9.17) is 4.42 Å². The van der Waals surface area contributed by atoms with Crippen molar-refractivity contribution in [2.75, 3.05) is 7.05 Å². The second-order valence-electron chi connectivity index (χ2n) is 4.47. The molecule has 2 heterocycles. The van der Waals surface area contributed by atoms with Gasteiger partial charge in [0.1, 0.15) is 11.5 Å². The van der Waals surface area contributed by atoms with E-state index in [1.54, 1.807) is 0 Å². The van der Waals surface area contributed by atoms with Crippen LogP contribution >= 0.6 is 0 Å². The zero-order valence-corrected chi connectivity index (χ0v) is 11.2. The lowest BCUT2D eigenvalue weighted by Gasteiger charge is -2.21. The number of hydrogen-bond acceptors (Lipinski definition) is 3. The van der Waals surface area contributed by atoms with Gasteiger partial charge in [0.25, 0.3) is 0 Å². The van der Waals surface area contributed by atoms with Gasteiger partial charge in [0, 0.05) is 24.2 Å². The number of pyridine rings is 1. The van der Waals surface area contributed by atoms with E-state index in [1.165, 1.54) is 0 Å². The third-order valence-corrected chi connectivity index (χ3v) is 3.30. The van der Waals surface area contributed by atoms with Crippen molar-refractivity contribution in [1.82, 2.24) is 10.3 Å². The Morgan fingerprint density at radius 3 is 2.67 bits per heavy atom. The molecule has 2 unspecified atom stereocenters. The number of aryl methyl sites for hydroxylation is 1. The molecule has 0 aliphatic carbocycles. The van der Waals surface area contributed by atoms with Crippen LogP contribution in [0.3, 0.4) is 0 Å². The Hall–Kier alpha value is -1.61. The molecule has 0 bridgehead atoms. The van der Waals surface area contributed by atoms with Crippen molar-refractivity contribution in [3.8, 4) is 0 Å². The highest BCUT2D eigenvalue weighted by Crippen LogP contribution is 2.30. The normalized spacial score (nSPS) is 14.4. The number of aromatic nitrogens is 1. The first kappa shape index (κ1) is 12.8. The minimum Gasteiger partial charge on any atom is -0.464 e. The molecule has 18 heavy (non-hydrogen) atoms. The van der Waals surface area contributed by atoms with E-state index >= 15 is 0 Å². The van der Waals surface area contributed by atoms with E-state index < -0.39 is 0 Å². The van der Waals surface area contributed by atoms with E-state index in [0.717, 1.165) is 23.6 Å². The van der Waals surface area contributed by atoms with Gasteiger partial charge in [-0.15, -0.1) is 0 Å². The largest absolute Gasteiger partial charge is 0.464 e. The summed E-state index contributed by atoms with van der Waals surface area (Å²) in [5.41, 5.74) is 1.08. The molecule has 0 saturated heterocycles. The van der Waals surface area contributed by atoms with Crippen molar-refractivity contribution in [2.45, 2.75) is 32.2 Å². The predicted molar refractivity (Wildman–Crippen MR) is 72.5 cm³/mol. The SMILES string of the molecule is CCc1ccc(C(NC)C(C)c2ccccn2)o1. The maximum Gasteiger partial charge on any atom is 0.121 e. The summed E-state index contributed by atoms with van der Waals surface area (Å²) in [7, 11) is 1.96. The lowest BCUT2D eigenvalue weighted by Crippen LogP contribution is -2.22. The molecular weight excluding hydrogens is 224 g/mol. The molecule has 0 amide bonds. The fourth-order valence-corrected chi connectivity index (χ4v) is 2.21. The van der Waals surface area contributed by atoms with Gasteiger partial charge < -0.3 is 9.73 Å². The first-order chi connectivity index (χ1) is 8.76. The number of rotatable bonds is 5. The summed E-state index contributed by atoms with van der Waals surface area (Å²) in [6, 6.07) is 10.3. The van der Waals surface area contributed by atoms with Crippen molar-refractivity contribution in [3.05, 3.63) is 53.7 Å². The summed E-state index contributed by atoms with van der Waals surface area (Å²) < 4.78 is 5.84. The van der Waals surface area contributed by atoms with Crippen LogP contribution in [0.2, 0.25) is 0 Å². The van der Waals surface area contributed by atoms with E-state index in [1.807, 2.05) is 31.4 Å². The van der Waals surface area contributed by atoms with E-state index in [9.17, 15) is 0 Å². The molecular formula is C15H20N2O. The van der Waals surface area contributed by atoms with Crippen LogP contribution in [0.15, 0.2) is 40.9 Å². The van der Waals surface area contributed by atoms with Crippen LogP contribution in [-0.4, -0.2) is 12.0 Å². The summed E-state index contributed by atoms with van der Waals surface area (Å²) in [6.45, 7) is 4.26. The van der Waals surface area contributed by atoms with Gasteiger partial charge >= 0.3 is 0 Å². The molecule has 0 saturated carbocycles. The fourth-order valence-electron chi connectivity index (χ4n) is 2.21. The maximum atomic E-state index is 5.84. The number of likely N-dealkylation sites (N-methyl/N-ethyl adjacent to an activating group) is 1. The first-order valence-electron chi connectivity index (χ1n) is 6.43. The zero-order chi connectivity index (χ0) is 13.0. The third-order valence-electron chi connectivity index (χ3n) is 3.30. The van der Waals surface area contributed by atoms with Gasteiger partial charge in [-0.25, -0.2) is 0 Å². The fraction of sp³-hybridized carbons (Fsp3) is 0.400. The first-order valence-corrected chi connectivity index (χ1v) is 6.43. The quantitative estimate of drug-likeness (QED) is 0.877.